The molecule has 0 bridgehead atoms. The highest BCUT2D eigenvalue weighted by molar-refractivity contribution is 7.89. The number of fused-ring (bicyclic) bond motifs is 1. The molecule has 1 unspecified atom stereocenters. The Morgan fingerprint density at radius 2 is 1.79 bits per heavy atom. The van der Waals surface area contributed by atoms with Gasteiger partial charge in [0.1, 0.15) is 5.75 Å². The van der Waals surface area contributed by atoms with Crippen molar-refractivity contribution in [3.8, 4) is 5.75 Å². The largest absolute Gasteiger partial charge is 0.493 e. The van der Waals surface area contributed by atoms with E-state index in [0.717, 1.165) is 35.3 Å². The zero-order valence-corrected chi connectivity index (χ0v) is 17.6. The van der Waals surface area contributed by atoms with Gasteiger partial charge in [-0.05, 0) is 56.5 Å². The molecular formula is C22H26N2O4S. The van der Waals surface area contributed by atoms with E-state index in [2.05, 4.69) is 17.4 Å². The summed E-state index contributed by atoms with van der Waals surface area (Å²) >= 11 is 0. The van der Waals surface area contributed by atoms with Crippen LogP contribution in [-0.4, -0.2) is 38.3 Å². The van der Waals surface area contributed by atoms with Crippen molar-refractivity contribution in [2.45, 2.75) is 44.0 Å². The molecule has 1 atom stereocenters. The number of carbonyl (C=O) groups excluding carboxylic acids is 1. The van der Waals surface area contributed by atoms with E-state index in [1.807, 2.05) is 13.8 Å². The summed E-state index contributed by atoms with van der Waals surface area (Å²) in [5.74, 6) is 0.631. The molecule has 154 valence electrons. The van der Waals surface area contributed by atoms with Gasteiger partial charge in [0.15, 0.2) is 0 Å². The number of ether oxygens (including phenoxy) is 1. The van der Waals surface area contributed by atoms with Gasteiger partial charge in [-0.15, -0.1) is 0 Å². The van der Waals surface area contributed by atoms with Gasteiger partial charge >= 0.3 is 0 Å². The summed E-state index contributed by atoms with van der Waals surface area (Å²) in [7, 11) is -3.47. The predicted octanol–water partition coefficient (Wildman–Crippen LogP) is 3.34. The van der Waals surface area contributed by atoms with Crippen molar-refractivity contribution in [2.24, 2.45) is 0 Å². The summed E-state index contributed by atoms with van der Waals surface area (Å²) in [6, 6.07) is 10.2. The standard InChI is InChI=1S/C22H26N2O4S/c1-15-13-16(2)21-19(14-15)20(9-12-28-21)23-22(25)17-5-7-18(8-6-17)29(26,27)24-10-3-4-11-24/h5-8,13-14,20H,3-4,9-12H2,1-2H3,(H,23,25). The van der Waals surface area contributed by atoms with Gasteiger partial charge in [-0.1, -0.05) is 17.7 Å². The van der Waals surface area contributed by atoms with Gasteiger partial charge in [0.2, 0.25) is 10.0 Å². The zero-order chi connectivity index (χ0) is 20.6. The van der Waals surface area contributed by atoms with Gasteiger partial charge in [0.25, 0.3) is 5.91 Å². The van der Waals surface area contributed by atoms with Gasteiger partial charge in [0.05, 0.1) is 17.5 Å². The van der Waals surface area contributed by atoms with E-state index < -0.39 is 10.0 Å². The molecule has 2 aliphatic heterocycles. The first-order valence-electron chi connectivity index (χ1n) is 10.0. The lowest BCUT2D eigenvalue weighted by Gasteiger charge is -2.28. The van der Waals surface area contributed by atoms with Gasteiger partial charge < -0.3 is 10.1 Å². The topological polar surface area (TPSA) is 75.7 Å². The van der Waals surface area contributed by atoms with Crippen LogP contribution in [-0.2, 0) is 10.0 Å². The second kappa shape index (κ2) is 7.80. The monoisotopic (exact) mass is 414 g/mol. The minimum absolute atomic E-state index is 0.127. The second-order valence-corrected chi connectivity index (χ2v) is 9.74. The molecule has 2 aliphatic rings. The fourth-order valence-corrected chi connectivity index (χ4v) is 5.64. The van der Waals surface area contributed by atoms with Crippen LogP contribution in [0.15, 0.2) is 41.3 Å². The number of benzene rings is 2. The molecule has 0 aliphatic carbocycles. The van der Waals surface area contributed by atoms with Crippen LogP contribution in [0.1, 0.15) is 52.4 Å². The number of aryl methyl sites for hydroxylation is 2. The Kier molecular flexibility index (Phi) is 5.36. The average molecular weight is 415 g/mol. The molecule has 0 saturated carbocycles. The zero-order valence-electron chi connectivity index (χ0n) is 16.8. The quantitative estimate of drug-likeness (QED) is 0.833. The SMILES string of the molecule is Cc1cc(C)c2c(c1)C(NC(=O)c1ccc(S(=O)(=O)N3CCCC3)cc1)CCO2. The Bertz CT molecular complexity index is 1030. The summed E-state index contributed by atoms with van der Waals surface area (Å²) in [5.41, 5.74) is 3.64. The van der Waals surface area contributed by atoms with E-state index >= 15 is 0 Å². The molecule has 2 heterocycles. The normalized spacial score (nSPS) is 19.4. The maximum atomic E-state index is 12.8. The number of hydrogen-bond acceptors (Lipinski definition) is 4. The maximum Gasteiger partial charge on any atom is 0.251 e. The first-order valence-corrected chi connectivity index (χ1v) is 11.5. The number of nitrogens with zero attached hydrogens (tertiary/aromatic N) is 1. The van der Waals surface area contributed by atoms with Gasteiger partial charge in [-0.3, -0.25) is 4.79 Å². The van der Waals surface area contributed by atoms with Gasteiger partial charge in [-0.25, -0.2) is 8.42 Å². The van der Waals surface area contributed by atoms with Crippen molar-refractivity contribution >= 4 is 15.9 Å². The molecule has 7 heteroatoms. The Morgan fingerprint density at radius 3 is 2.48 bits per heavy atom. The van der Waals surface area contributed by atoms with Crippen LogP contribution < -0.4 is 10.1 Å². The molecule has 0 radical (unpaired) electrons. The van der Waals surface area contributed by atoms with E-state index in [0.29, 0.717) is 31.7 Å². The minimum Gasteiger partial charge on any atom is -0.493 e. The lowest BCUT2D eigenvalue weighted by molar-refractivity contribution is 0.0924. The summed E-state index contributed by atoms with van der Waals surface area (Å²) in [5, 5.41) is 3.08. The Balaban J connectivity index is 1.52. The minimum atomic E-state index is -3.47. The van der Waals surface area contributed by atoms with Crippen LogP contribution in [0.5, 0.6) is 5.75 Å². The first kappa shape index (κ1) is 19.9. The van der Waals surface area contributed by atoms with Crippen molar-refractivity contribution in [3.05, 3.63) is 58.7 Å². The smallest absolute Gasteiger partial charge is 0.251 e. The predicted molar refractivity (Wildman–Crippen MR) is 111 cm³/mol. The number of amides is 1. The van der Waals surface area contributed by atoms with Crippen LogP contribution in [0.2, 0.25) is 0 Å². The molecule has 0 spiro atoms. The highest BCUT2D eigenvalue weighted by Crippen LogP contribution is 2.36. The molecule has 1 amide bonds. The number of hydrogen-bond donors (Lipinski definition) is 1. The maximum absolute atomic E-state index is 12.8. The molecule has 1 N–H and O–H groups in total. The Morgan fingerprint density at radius 1 is 1.10 bits per heavy atom. The van der Waals surface area contributed by atoms with E-state index in [1.54, 1.807) is 12.1 Å². The second-order valence-electron chi connectivity index (χ2n) is 7.80. The van der Waals surface area contributed by atoms with Crippen LogP contribution in [0.4, 0.5) is 0 Å². The van der Waals surface area contributed by atoms with E-state index in [9.17, 15) is 13.2 Å². The van der Waals surface area contributed by atoms with Crippen molar-refractivity contribution < 1.29 is 17.9 Å². The third-order valence-electron chi connectivity index (χ3n) is 5.60. The Labute approximate surface area is 171 Å². The molecule has 1 saturated heterocycles. The summed E-state index contributed by atoms with van der Waals surface area (Å²) in [4.78, 5) is 13.0. The summed E-state index contributed by atoms with van der Waals surface area (Å²) < 4.78 is 32.6. The molecule has 6 nitrogen and oxygen atoms in total. The molecule has 2 aromatic carbocycles. The Hall–Kier alpha value is -2.38. The number of sulfonamides is 1. The van der Waals surface area contributed by atoms with Crippen molar-refractivity contribution in [2.75, 3.05) is 19.7 Å². The molecular weight excluding hydrogens is 388 g/mol. The summed E-state index contributed by atoms with van der Waals surface area (Å²) in [6.45, 7) is 5.71. The van der Waals surface area contributed by atoms with Crippen molar-refractivity contribution in [3.63, 3.8) is 0 Å². The van der Waals surface area contributed by atoms with Crippen molar-refractivity contribution in [1.82, 2.24) is 9.62 Å². The van der Waals surface area contributed by atoms with E-state index in [4.69, 9.17) is 4.74 Å². The lowest BCUT2D eigenvalue weighted by Crippen LogP contribution is -2.32. The highest BCUT2D eigenvalue weighted by atomic mass is 32.2. The fourth-order valence-electron chi connectivity index (χ4n) is 4.12. The van der Waals surface area contributed by atoms with E-state index in [-0.39, 0.29) is 16.8 Å². The van der Waals surface area contributed by atoms with E-state index in [1.165, 1.54) is 16.4 Å². The fraction of sp³-hybridized carbons (Fsp3) is 0.409. The van der Waals surface area contributed by atoms with Gasteiger partial charge in [-0.2, -0.15) is 4.31 Å². The molecule has 4 rings (SSSR count). The van der Waals surface area contributed by atoms with Crippen LogP contribution >= 0.6 is 0 Å². The molecule has 1 fully saturated rings. The molecule has 0 aromatic heterocycles. The number of rotatable bonds is 4. The van der Waals surface area contributed by atoms with Crippen LogP contribution in [0.3, 0.4) is 0 Å². The van der Waals surface area contributed by atoms with Crippen LogP contribution in [0.25, 0.3) is 0 Å². The average Bonchev–Trinajstić information content (AvgIpc) is 3.24. The number of carbonyl (C=O) groups is 1. The van der Waals surface area contributed by atoms with Crippen LogP contribution in [0, 0.1) is 13.8 Å². The summed E-state index contributed by atoms with van der Waals surface area (Å²) in [6.07, 6.45) is 2.49. The number of nitrogens with one attached hydrogen (secondary N) is 1. The van der Waals surface area contributed by atoms with Gasteiger partial charge in [0, 0.05) is 30.6 Å². The first-order chi connectivity index (χ1) is 13.9. The highest BCUT2D eigenvalue weighted by Gasteiger charge is 2.28. The third-order valence-corrected chi connectivity index (χ3v) is 7.51. The van der Waals surface area contributed by atoms with Crippen molar-refractivity contribution in [1.29, 1.82) is 0 Å². The molecule has 29 heavy (non-hydrogen) atoms. The molecule has 2 aromatic rings. The third kappa shape index (κ3) is 3.89. The lowest BCUT2D eigenvalue weighted by atomic mass is 9.95.